The van der Waals surface area contributed by atoms with Crippen molar-refractivity contribution in [2.75, 3.05) is 18.6 Å². The minimum Gasteiger partial charge on any atom is -0.497 e. The minimum absolute atomic E-state index is 0.168. The first-order valence-corrected chi connectivity index (χ1v) is 9.34. The minimum atomic E-state index is 0.168. The summed E-state index contributed by atoms with van der Waals surface area (Å²) in [5.41, 5.74) is 18.0. The molecule has 1 aromatic heterocycles. The van der Waals surface area contributed by atoms with Crippen molar-refractivity contribution in [2.24, 2.45) is 0 Å². The highest BCUT2D eigenvalue weighted by Crippen LogP contribution is 2.35. The smallest absolute Gasteiger partial charge is 0.222 e. The first-order chi connectivity index (χ1) is 14.1. The predicted octanol–water partition coefficient (Wildman–Crippen LogP) is 4.57. The van der Waals surface area contributed by atoms with Gasteiger partial charge in [-0.25, -0.2) is 4.98 Å². The van der Waals surface area contributed by atoms with Crippen LogP contribution in [0.4, 0.5) is 11.8 Å². The fourth-order valence-corrected chi connectivity index (χ4v) is 3.35. The Bertz CT molecular complexity index is 1110. The summed E-state index contributed by atoms with van der Waals surface area (Å²) in [5.74, 6) is 1.40. The first kappa shape index (κ1) is 18.5. The van der Waals surface area contributed by atoms with Crippen LogP contribution in [0, 0.1) is 0 Å². The van der Waals surface area contributed by atoms with E-state index in [1.54, 1.807) is 7.11 Å². The van der Waals surface area contributed by atoms with Crippen LogP contribution in [0.5, 0.6) is 5.75 Å². The Morgan fingerprint density at radius 3 is 1.97 bits per heavy atom. The third kappa shape index (κ3) is 4.04. The van der Waals surface area contributed by atoms with Crippen molar-refractivity contribution in [3.05, 3.63) is 90.0 Å². The topological polar surface area (TPSA) is 87.0 Å². The standard InChI is InChI=1S/C24H22N4O/c1-29-20-13-9-17(10-14-20)15-16-7-11-18(12-8-16)21-22(19-5-3-2-4-6-19)27-24(26)28-23(21)25/h2-14H,15H2,1H3,(H4,25,26,27,28). The monoisotopic (exact) mass is 382 g/mol. The average molecular weight is 382 g/mol. The summed E-state index contributed by atoms with van der Waals surface area (Å²) in [7, 11) is 1.67. The van der Waals surface area contributed by atoms with Gasteiger partial charge in [-0.3, -0.25) is 0 Å². The van der Waals surface area contributed by atoms with Gasteiger partial charge in [-0.05, 0) is 35.2 Å². The molecule has 0 aliphatic rings. The van der Waals surface area contributed by atoms with Gasteiger partial charge in [0.1, 0.15) is 11.6 Å². The number of nitrogens with zero attached hydrogens (tertiary/aromatic N) is 2. The van der Waals surface area contributed by atoms with Gasteiger partial charge in [0.2, 0.25) is 5.95 Å². The van der Waals surface area contributed by atoms with Gasteiger partial charge in [0, 0.05) is 5.56 Å². The molecule has 1 heterocycles. The second kappa shape index (κ2) is 8.02. The maximum absolute atomic E-state index is 6.24. The molecule has 4 aromatic rings. The number of aromatic nitrogens is 2. The lowest BCUT2D eigenvalue weighted by Crippen LogP contribution is -2.04. The van der Waals surface area contributed by atoms with Crippen molar-refractivity contribution < 1.29 is 4.74 Å². The molecule has 3 aromatic carbocycles. The molecule has 0 spiro atoms. The molecule has 5 nitrogen and oxygen atoms in total. The van der Waals surface area contributed by atoms with E-state index in [0.717, 1.165) is 34.6 Å². The Hall–Kier alpha value is -3.86. The molecule has 144 valence electrons. The maximum Gasteiger partial charge on any atom is 0.222 e. The molecule has 0 saturated carbocycles. The van der Waals surface area contributed by atoms with E-state index in [1.165, 1.54) is 11.1 Å². The van der Waals surface area contributed by atoms with Crippen LogP contribution in [0.3, 0.4) is 0 Å². The lowest BCUT2D eigenvalue weighted by Gasteiger charge is -2.13. The van der Waals surface area contributed by atoms with Crippen LogP contribution in [0.25, 0.3) is 22.4 Å². The molecule has 0 saturated heterocycles. The number of anilines is 2. The van der Waals surface area contributed by atoms with Crippen LogP contribution in [0.1, 0.15) is 11.1 Å². The van der Waals surface area contributed by atoms with Gasteiger partial charge < -0.3 is 16.2 Å². The quantitative estimate of drug-likeness (QED) is 0.528. The van der Waals surface area contributed by atoms with Gasteiger partial charge in [0.25, 0.3) is 0 Å². The summed E-state index contributed by atoms with van der Waals surface area (Å²) < 4.78 is 5.22. The molecular weight excluding hydrogens is 360 g/mol. The third-order valence-corrected chi connectivity index (χ3v) is 4.81. The zero-order valence-corrected chi connectivity index (χ0v) is 16.2. The van der Waals surface area contributed by atoms with Crippen LogP contribution >= 0.6 is 0 Å². The van der Waals surface area contributed by atoms with E-state index in [9.17, 15) is 0 Å². The zero-order chi connectivity index (χ0) is 20.2. The molecule has 0 bridgehead atoms. The molecule has 0 aliphatic carbocycles. The predicted molar refractivity (Wildman–Crippen MR) is 118 cm³/mol. The molecular formula is C24H22N4O. The van der Waals surface area contributed by atoms with E-state index in [4.69, 9.17) is 16.2 Å². The number of hydrogen-bond acceptors (Lipinski definition) is 5. The Morgan fingerprint density at radius 1 is 0.724 bits per heavy atom. The van der Waals surface area contributed by atoms with E-state index < -0.39 is 0 Å². The van der Waals surface area contributed by atoms with E-state index >= 15 is 0 Å². The normalized spacial score (nSPS) is 10.7. The van der Waals surface area contributed by atoms with Crippen LogP contribution in [0.2, 0.25) is 0 Å². The van der Waals surface area contributed by atoms with Crippen molar-refractivity contribution in [1.29, 1.82) is 0 Å². The van der Waals surface area contributed by atoms with Crippen molar-refractivity contribution in [3.63, 3.8) is 0 Å². The Morgan fingerprint density at radius 2 is 1.34 bits per heavy atom. The van der Waals surface area contributed by atoms with Gasteiger partial charge in [-0.2, -0.15) is 4.98 Å². The molecule has 4 rings (SSSR count). The van der Waals surface area contributed by atoms with E-state index in [-0.39, 0.29) is 5.95 Å². The molecule has 0 aliphatic heterocycles. The van der Waals surface area contributed by atoms with Crippen LogP contribution in [-0.4, -0.2) is 17.1 Å². The van der Waals surface area contributed by atoms with E-state index in [1.807, 2.05) is 42.5 Å². The number of nitrogen functional groups attached to an aromatic ring is 2. The summed E-state index contributed by atoms with van der Waals surface area (Å²) in [4.78, 5) is 8.64. The molecule has 4 N–H and O–H groups in total. The number of hydrogen-bond donors (Lipinski definition) is 2. The zero-order valence-electron chi connectivity index (χ0n) is 16.2. The molecule has 0 radical (unpaired) electrons. The first-order valence-electron chi connectivity index (χ1n) is 9.34. The third-order valence-electron chi connectivity index (χ3n) is 4.81. The van der Waals surface area contributed by atoms with Crippen molar-refractivity contribution in [1.82, 2.24) is 9.97 Å². The molecule has 0 fully saturated rings. The Kier molecular flexibility index (Phi) is 5.12. The molecule has 0 amide bonds. The molecule has 0 unspecified atom stereocenters. The highest BCUT2D eigenvalue weighted by molar-refractivity contribution is 5.88. The van der Waals surface area contributed by atoms with Crippen LogP contribution < -0.4 is 16.2 Å². The largest absolute Gasteiger partial charge is 0.497 e. The number of rotatable bonds is 5. The van der Waals surface area contributed by atoms with Gasteiger partial charge in [-0.1, -0.05) is 66.7 Å². The van der Waals surface area contributed by atoms with Gasteiger partial charge in [0.15, 0.2) is 0 Å². The van der Waals surface area contributed by atoms with Gasteiger partial charge >= 0.3 is 0 Å². The highest BCUT2D eigenvalue weighted by atomic mass is 16.5. The highest BCUT2D eigenvalue weighted by Gasteiger charge is 2.15. The number of benzene rings is 3. The van der Waals surface area contributed by atoms with Crippen LogP contribution in [-0.2, 0) is 6.42 Å². The summed E-state index contributed by atoms with van der Waals surface area (Å²) in [6, 6.07) is 26.3. The fraction of sp³-hybridized carbons (Fsp3) is 0.0833. The number of methoxy groups -OCH3 is 1. The SMILES string of the molecule is COc1ccc(Cc2ccc(-c3c(N)nc(N)nc3-c3ccccc3)cc2)cc1. The lowest BCUT2D eigenvalue weighted by molar-refractivity contribution is 0.414. The second-order valence-corrected chi connectivity index (χ2v) is 6.78. The molecule has 5 heteroatoms. The van der Waals surface area contributed by atoms with Crippen molar-refractivity contribution in [2.45, 2.75) is 6.42 Å². The van der Waals surface area contributed by atoms with E-state index in [0.29, 0.717) is 5.82 Å². The summed E-state index contributed by atoms with van der Waals surface area (Å²) >= 11 is 0. The van der Waals surface area contributed by atoms with Crippen molar-refractivity contribution in [3.8, 4) is 28.1 Å². The summed E-state index contributed by atoms with van der Waals surface area (Å²) in [6.07, 6.45) is 0.837. The van der Waals surface area contributed by atoms with Crippen molar-refractivity contribution >= 4 is 11.8 Å². The lowest BCUT2D eigenvalue weighted by atomic mass is 9.97. The Labute approximate surface area is 170 Å². The maximum atomic E-state index is 6.24. The van der Waals surface area contributed by atoms with Gasteiger partial charge in [0.05, 0.1) is 18.4 Å². The van der Waals surface area contributed by atoms with E-state index in [2.05, 4.69) is 46.4 Å². The summed E-state index contributed by atoms with van der Waals surface area (Å²) in [6.45, 7) is 0. The Balaban J connectivity index is 1.67. The van der Waals surface area contributed by atoms with Crippen LogP contribution in [0.15, 0.2) is 78.9 Å². The number of nitrogens with two attached hydrogens (primary N) is 2. The fourth-order valence-electron chi connectivity index (χ4n) is 3.35. The average Bonchev–Trinajstić information content (AvgIpc) is 2.75. The van der Waals surface area contributed by atoms with Gasteiger partial charge in [-0.15, -0.1) is 0 Å². The molecule has 29 heavy (non-hydrogen) atoms. The number of ether oxygens (including phenoxy) is 1. The summed E-state index contributed by atoms with van der Waals surface area (Å²) in [5, 5.41) is 0. The molecule has 0 atom stereocenters. The second-order valence-electron chi connectivity index (χ2n) is 6.78.